The Hall–Kier alpha value is -2.87. The van der Waals surface area contributed by atoms with Crippen molar-refractivity contribution in [3.63, 3.8) is 0 Å². The molecular formula is C22H21F3N2O3. The van der Waals surface area contributed by atoms with Crippen molar-refractivity contribution in [1.82, 2.24) is 9.88 Å². The average Bonchev–Trinajstić information content (AvgIpc) is 3.17. The normalized spacial score (nSPS) is 15.6. The van der Waals surface area contributed by atoms with E-state index in [9.17, 15) is 18.0 Å². The summed E-state index contributed by atoms with van der Waals surface area (Å²) in [5.74, 6) is 0.801. The van der Waals surface area contributed by atoms with E-state index in [2.05, 4.69) is 9.72 Å². The molecular weight excluding hydrogens is 397 g/mol. The number of amides is 1. The molecule has 1 saturated heterocycles. The summed E-state index contributed by atoms with van der Waals surface area (Å²) in [6.45, 7) is -0.246. The van der Waals surface area contributed by atoms with Crippen molar-refractivity contribution in [2.75, 3.05) is 19.7 Å². The van der Waals surface area contributed by atoms with E-state index in [1.165, 1.54) is 0 Å². The molecule has 0 spiro atoms. The molecule has 0 radical (unpaired) electrons. The maximum Gasteiger partial charge on any atom is 0.411 e. The molecule has 2 aromatic carbocycles. The van der Waals surface area contributed by atoms with Crippen molar-refractivity contribution in [2.45, 2.75) is 31.5 Å². The van der Waals surface area contributed by atoms with Gasteiger partial charge in [-0.05, 0) is 42.7 Å². The zero-order chi connectivity index (χ0) is 21.1. The highest BCUT2D eigenvalue weighted by molar-refractivity contribution is 5.94. The van der Waals surface area contributed by atoms with Crippen molar-refractivity contribution in [2.24, 2.45) is 0 Å². The Kier molecular flexibility index (Phi) is 5.76. The maximum atomic E-state index is 12.7. The Morgan fingerprint density at radius 3 is 2.47 bits per heavy atom. The van der Waals surface area contributed by atoms with Gasteiger partial charge in [-0.15, -0.1) is 0 Å². The van der Waals surface area contributed by atoms with Gasteiger partial charge in [-0.2, -0.15) is 13.2 Å². The molecule has 0 bridgehead atoms. The number of alkyl halides is 3. The lowest BCUT2D eigenvalue weighted by atomic mass is 9.96. The van der Waals surface area contributed by atoms with Crippen LogP contribution in [0.4, 0.5) is 13.2 Å². The number of fused-ring (bicyclic) bond motifs is 1. The fraction of sp³-hybridized carbons (Fsp3) is 0.364. The first kappa shape index (κ1) is 20.4. The third-order valence-electron chi connectivity index (χ3n) is 5.18. The lowest BCUT2D eigenvalue weighted by molar-refractivity contribution is -0.176. The van der Waals surface area contributed by atoms with Crippen LogP contribution >= 0.6 is 0 Å². The predicted octanol–water partition coefficient (Wildman–Crippen LogP) is 4.93. The van der Waals surface area contributed by atoms with Crippen molar-refractivity contribution < 1.29 is 27.1 Å². The summed E-state index contributed by atoms with van der Waals surface area (Å²) in [6.07, 6.45) is -2.82. The summed E-state index contributed by atoms with van der Waals surface area (Å²) in [7, 11) is 0. The van der Waals surface area contributed by atoms with E-state index >= 15 is 0 Å². The van der Waals surface area contributed by atoms with E-state index in [-0.39, 0.29) is 18.4 Å². The maximum absolute atomic E-state index is 12.7. The molecule has 5 nitrogen and oxygen atoms in total. The number of carbonyl (C=O) groups excluding carboxylic acids is 1. The number of oxazole rings is 1. The smallest absolute Gasteiger partial charge is 0.411 e. The molecule has 4 rings (SSSR count). The second kappa shape index (κ2) is 8.47. The van der Waals surface area contributed by atoms with E-state index < -0.39 is 12.8 Å². The number of piperidine rings is 1. The van der Waals surface area contributed by atoms with Gasteiger partial charge in [-0.25, -0.2) is 4.98 Å². The Labute approximate surface area is 171 Å². The minimum atomic E-state index is -4.35. The van der Waals surface area contributed by atoms with Gasteiger partial charge in [0, 0.05) is 24.6 Å². The SMILES string of the molecule is O=C(c1ccc(COCC(F)(F)F)cc1)N1CCC(c2nc3ccccc3o2)CC1. The Bertz CT molecular complexity index is 973. The molecule has 0 atom stereocenters. The molecule has 158 valence electrons. The fourth-order valence-electron chi connectivity index (χ4n) is 3.60. The summed E-state index contributed by atoms with van der Waals surface area (Å²) in [5, 5.41) is 0. The van der Waals surface area contributed by atoms with Crippen LogP contribution in [0.15, 0.2) is 52.9 Å². The molecule has 0 aliphatic carbocycles. The number of para-hydroxylation sites is 2. The lowest BCUT2D eigenvalue weighted by Crippen LogP contribution is -2.38. The first-order chi connectivity index (χ1) is 14.4. The van der Waals surface area contributed by atoms with Gasteiger partial charge in [0.1, 0.15) is 12.1 Å². The number of nitrogens with zero attached hydrogens (tertiary/aromatic N) is 2. The highest BCUT2D eigenvalue weighted by Gasteiger charge is 2.28. The Morgan fingerprint density at radius 1 is 1.10 bits per heavy atom. The number of carbonyl (C=O) groups is 1. The molecule has 1 aromatic heterocycles. The van der Waals surface area contributed by atoms with Crippen LogP contribution in [0.1, 0.15) is 40.6 Å². The number of rotatable bonds is 5. The molecule has 0 unspecified atom stereocenters. The quantitative estimate of drug-likeness (QED) is 0.590. The van der Waals surface area contributed by atoms with E-state index in [4.69, 9.17) is 4.42 Å². The monoisotopic (exact) mass is 418 g/mol. The largest absolute Gasteiger partial charge is 0.440 e. The van der Waals surface area contributed by atoms with Crippen LogP contribution in [-0.2, 0) is 11.3 Å². The first-order valence-corrected chi connectivity index (χ1v) is 9.77. The van der Waals surface area contributed by atoms with Crippen molar-refractivity contribution >= 4 is 17.0 Å². The highest BCUT2D eigenvalue weighted by atomic mass is 19.4. The van der Waals surface area contributed by atoms with Gasteiger partial charge < -0.3 is 14.1 Å². The third-order valence-corrected chi connectivity index (χ3v) is 5.18. The molecule has 1 fully saturated rings. The zero-order valence-corrected chi connectivity index (χ0v) is 16.2. The predicted molar refractivity (Wildman–Crippen MR) is 104 cm³/mol. The number of hydrogen-bond acceptors (Lipinski definition) is 4. The van der Waals surface area contributed by atoms with Crippen LogP contribution in [-0.4, -0.2) is 41.7 Å². The summed E-state index contributed by atoms with van der Waals surface area (Å²) >= 11 is 0. The van der Waals surface area contributed by atoms with Gasteiger partial charge in [0.25, 0.3) is 5.91 Å². The number of benzene rings is 2. The van der Waals surface area contributed by atoms with Crippen molar-refractivity contribution in [3.05, 3.63) is 65.5 Å². The van der Waals surface area contributed by atoms with Crippen molar-refractivity contribution in [1.29, 1.82) is 0 Å². The van der Waals surface area contributed by atoms with Gasteiger partial charge in [-0.3, -0.25) is 4.79 Å². The topological polar surface area (TPSA) is 55.6 Å². The molecule has 0 saturated carbocycles. The standard InChI is InChI=1S/C22H21F3N2O3/c23-22(24,25)14-29-13-15-5-7-17(8-6-15)21(28)27-11-9-16(10-12-27)20-26-18-3-1-2-4-19(18)30-20/h1-8,16H,9-14H2. The second-order valence-corrected chi connectivity index (χ2v) is 7.39. The van der Waals surface area contributed by atoms with Crippen LogP contribution in [0.5, 0.6) is 0 Å². The summed E-state index contributed by atoms with van der Waals surface area (Å²) in [6, 6.07) is 14.1. The van der Waals surface area contributed by atoms with E-state index in [1.54, 1.807) is 29.2 Å². The third kappa shape index (κ3) is 4.81. The van der Waals surface area contributed by atoms with Gasteiger partial charge in [-0.1, -0.05) is 24.3 Å². The zero-order valence-electron chi connectivity index (χ0n) is 16.2. The van der Waals surface area contributed by atoms with Crippen LogP contribution in [0.25, 0.3) is 11.1 Å². The van der Waals surface area contributed by atoms with Gasteiger partial charge in [0.15, 0.2) is 11.5 Å². The number of halogens is 3. The molecule has 3 aromatic rings. The number of aromatic nitrogens is 1. The Balaban J connectivity index is 1.31. The molecule has 1 aliphatic rings. The van der Waals surface area contributed by atoms with Crippen LogP contribution in [0.3, 0.4) is 0 Å². The summed E-state index contributed by atoms with van der Waals surface area (Å²) in [4.78, 5) is 19.1. The minimum Gasteiger partial charge on any atom is -0.440 e. The minimum absolute atomic E-state index is 0.0891. The number of likely N-dealkylation sites (tertiary alicyclic amines) is 1. The molecule has 30 heavy (non-hydrogen) atoms. The number of hydrogen-bond donors (Lipinski definition) is 0. The Morgan fingerprint density at radius 2 is 1.80 bits per heavy atom. The lowest BCUT2D eigenvalue weighted by Gasteiger charge is -2.30. The highest BCUT2D eigenvalue weighted by Crippen LogP contribution is 2.30. The first-order valence-electron chi connectivity index (χ1n) is 9.77. The summed E-state index contributed by atoms with van der Waals surface area (Å²) < 4.78 is 46.9. The molecule has 2 heterocycles. The van der Waals surface area contributed by atoms with Crippen LogP contribution in [0.2, 0.25) is 0 Å². The fourth-order valence-corrected chi connectivity index (χ4v) is 3.60. The van der Waals surface area contributed by atoms with Gasteiger partial charge in [0.05, 0.1) is 6.61 Å². The molecule has 1 aliphatic heterocycles. The second-order valence-electron chi connectivity index (χ2n) is 7.39. The van der Waals surface area contributed by atoms with E-state index in [0.29, 0.717) is 30.1 Å². The van der Waals surface area contributed by atoms with Gasteiger partial charge >= 0.3 is 6.18 Å². The van der Waals surface area contributed by atoms with Crippen molar-refractivity contribution in [3.8, 4) is 0 Å². The van der Waals surface area contributed by atoms with Gasteiger partial charge in [0.2, 0.25) is 0 Å². The van der Waals surface area contributed by atoms with Crippen LogP contribution in [0, 0.1) is 0 Å². The van der Waals surface area contributed by atoms with E-state index in [0.717, 1.165) is 23.9 Å². The molecule has 1 amide bonds. The van der Waals surface area contributed by atoms with E-state index in [1.807, 2.05) is 24.3 Å². The summed E-state index contributed by atoms with van der Waals surface area (Å²) in [5.41, 5.74) is 2.70. The average molecular weight is 418 g/mol. The number of ether oxygens (including phenoxy) is 1. The van der Waals surface area contributed by atoms with Crippen LogP contribution < -0.4 is 0 Å². The molecule has 0 N–H and O–H groups in total. The molecule has 8 heteroatoms.